The van der Waals surface area contributed by atoms with E-state index in [-0.39, 0.29) is 23.6 Å². The Bertz CT molecular complexity index is 924. The molecule has 0 aliphatic carbocycles. The van der Waals surface area contributed by atoms with Gasteiger partial charge in [0.15, 0.2) is 0 Å². The van der Waals surface area contributed by atoms with Crippen molar-refractivity contribution < 1.29 is 4.39 Å². The molecule has 0 fully saturated rings. The predicted molar refractivity (Wildman–Crippen MR) is 79.0 cm³/mol. The third-order valence-electron chi connectivity index (χ3n) is 3.51. The lowest BCUT2D eigenvalue weighted by Crippen LogP contribution is -2.39. The predicted octanol–water partition coefficient (Wildman–Crippen LogP) is 1.89. The van der Waals surface area contributed by atoms with E-state index in [9.17, 15) is 14.0 Å². The zero-order valence-electron chi connectivity index (χ0n) is 11.4. The summed E-state index contributed by atoms with van der Waals surface area (Å²) in [5.74, 6) is -0.350. The van der Waals surface area contributed by atoms with Crippen LogP contribution in [0.5, 0.6) is 0 Å². The summed E-state index contributed by atoms with van der Waals surface area (Å²) in [5, 5.41) is 0.488. The minimum absolute atomic E-state index is 0.122. The molecule has 0 bridgehead atoms. The molecule has 106 valence electrons. The molecule has 1 heterocycles. The summed E-state index contributed by atoms with van der Waals surface area (Å²) >= 11 is 0. The molecule has 0 unspecified atom stereocenters. The van der Waals surface area contributed by atoms with E-state index in [1.807, 2.05) is 0 Å². The van der Waals surface area contributed by atoms with Crippen LogP contribution in [0.15, 0.2) is 58.1 Å². The molecule has 3 aromatic rings. The fraction of sp³-hybridized carbons (Fsp3) is 0.125. The van der Waals surface area contributed by atoms with Gasteiger partial charge in [-0.25, -0.2) is 9.18 Å². The highest BCUT2D eigenvalue weighted by molar-refractivity contribution is 5.77. The first-order valence-electron chi connectivity index (χ1n) is 6.51. The van der Waals surface area contributed by atoms with Crippen molar-refractivity contribution in [2.45, 2.75) is 6.54 Å². The Hall–Kier alpha value is -2.69. The largest absolute Gasteiger partial charge is 0.331 e. The van der Waals surface area contributed by atoms with Gasteiger partial charge < -0.3 is 0 Å². The molecule has 0 amide bonds. The molecule has 21 heavy (non-hydrogen) atoms. The second-order valence-corrected chi connectivity index (χ2v) is 4.88. The van der Waals surface area contributed by atoms with Crippen molar-refractivity contribution in [1.29, 1.82) is 0 Å². The molecule has 3 rings (SSSR count). The number of hydrogen-bond donors (Lipinski definition) is 0. The first-order valence-corrected chi connectivity index (χ1v) is 6.51. The van der Waals surface area contributed by atoms with Gasteiger partial charge in [0.05, 0.1) is 17.4 Å². The summed E-state index contributed by atoms with van der Waals surface area (Å²) in [7, 11) is 1.63. The summed E-state index contributed by atoms with van der Waals surface area (Å²) in [5.41, 5.74) is 0.579. The summed E-state index contributed by atoms with van der Waals surface area (Å²) < 4.78 is 15.5. The fourth-order valence-corrected chi connectivity index (χ4v) is 2.38. The first kappa shape index (κ1) is 13.3. The summed E-state index contributed by atoms with van der Waals surface area (Å²) in [6, 6.07) is 12.7. The van der Waals surface area contributed by atoms with Crippen LogP contribution in [-0.2, 0) is 13.6 Å². The van der Waals surface area contributed by atoms with Crippen molar-refractivity contribution in [3.63, 3.8) is 0 Å². The molecule has 0 aliphatic rings. The van der Waals surface area contributed by atoms with Crippen LogP contribution in [0.4, 0.5) is 4.39 Å². The van der Waals surface area contributed by atoms with E-state index in [0.717, 1.165) is 4.57 Å². The van der Waals surface area contributed by atoms with Crippen LogP contribution in [-0.4, -0.2) is 9.13 Å². The lowest BCUT2D eigenvalue weighted by Gasteiger charge is -2.10. The smallest absolute Gasteiger partial charge is 0.296 e. The van der Waals surface area contributed by atoms with Gasteiger partial charge >= 0.3 is 5.69 Å². The minimum Gasteiger partial charge on any atom is -0.296 e. The topological polar surface area (TPSA) is 44.0 Å². The van der Waals surface area contributed by atoms with Crippen LogP contribution >= 0.6 is 0 Å². The first-order chi connectivity index (χ1) is 10.1. The van der Waals surface area contributed by atoms with E-state index in [2.05, 4.69) is 0 Å². The average Bonchev–Trinajstić information content (AvgIpc) is 2.51. The van der Waals surface area contributed by atoms with E-state index in [1.54, 1.807) is 43.4 Å². The molecule has 5 heteroatoms. The maximum atomic E-state index is 12.9. The zero-order chi connectivity index (χ0) is 15.0. The van der Waals surface area contributed by atoms with Crippen LogP contribution in [0, 0.1) is 5.82 Å². The Kier molecular flexibility index (Phi) is 3.17. The zero-order valence-corrected chi connectivity index (χ0v) is 11.4. The van der Waals surface area contributed by atoms with Gasteiger partial charge in [-0.2, -0.15) is 0 Å². The lowest BCUT2D eigenvalue weighted by atomic mass is 10.2. The van der Waals surface area contributed by atoms with E-state index in [4.69, 9.17) is 0 Å². The molecular formula is C16H13FN2O2. The highest BCUT2D eigenvalue weighted by atomic mass is 19.1. The van der Waals surface area contributed by atoms with Crippen molar-refractivity contribution in [1.82, 2.24) is 9.13 Å². The van der Waals surface area contributed by atoms with Gasteiger partial charge in [0.2, 0.25) is 0 Å². The number of fused-ring (bicyclic) bond motifs is 1. The number of aryl methyl sites for hydroxylation is 1. The van der Waals surface area contributed by atoms with Crippen molar-refractivity contribution in [3.8, 4) is 0 Å². The monoisotopic (exact) mass is 284 g/mol. The second-order valence-electron chi connectivity index (χ2n) is 4.88. The molecule has 0 saturated carbocycles. The minimum atomic E-state index is -0.386. The van der Waals surface area contributed by atoms with Crippen LogP contribution in [0.25, 0.3) is 10.9 Å². The highest BCUT2D eigenvalue weighted by Gasteiger charge is 2.10. The van der Waals surface area contributed by atoms with Crippen LogP contribution in [0.3, 0.4) is 0 Å². The van der Waals surface area contributed by atoms with E-state index < -0.39 is 0 Å². The SMILES string of the molecule is Cn1c(=O)n(Cc2ccc(F)cc2)c(=O)c2ccccc21. The van der Waals surface area contributed by atoms with Gasteiger partial charge in [-0.3, -0.25) is 13.9 Å². The third kappa shape index (κ3) is 2.27. The summed E-state index contributed by atoms with van der Waals surface area (Å²) in [6.45, 7) is 0.122. The maximum Gasteiger partial charge on any atom is 0.331 e. The van der Waals surface area contributed by atoms with Crippen molar-refractivity contribution in [3.05, 3.63) is 80.7 Å². The van der Waals surface area contributed by atoms with Gasteiger partial charge in [0, 0.05) is 7.05 Å². The standard InChI is InChI=1S/C16H13FN2O2/c1-18-14-5-3-2-4-13(14)15(20)19(16(18)21)10-11-6-8-12(17)9-7-11/h2-9H,10H2,1H3. The molecule has 0 radical (unpaired) electrons. The Balaban J connectivity index is 2.21. The van der Waals surface area contributed by atoms with E-state index in [1.165, 1.54) is 16.7 Å². The van der Waals surface area contributed by atoms with Crippen molar-refractivity contribution in [2.75, 3.05) is 0 Å². The molecular weight excluding hydrogens is 271 g/mol. The fourth-order valence-electron chi connectivity index (χ4n) is 2.38. The number of nitrogens with zero attached hydrogens (tertiary/aromatic N) is 2. The van der Waals surface area contributed by atoms with Gasteiger partial charge in [-0.1, -0.05) is 24.3 Å². The Morgan fingerprint density at radius 1 is 1.00 bits per heavy atom. The van der Waals surface area contributed by atoms with Gasteiger partial charge in [-0.15, -0.1) is 0 Å². The molecule has 0 aliphatic heterocycles. The second kappa shape index (κ2) is 5.01. The van der Waals surface area contributed by atoms with Crippen molar-refractivity contribution >= 4 is 10.9 Å². The average molecular weight is 284 g/mol. The van der Waals surface area contributed by atoms with Crippen molar-refractivity contribution in [2.24, 2.45) is 7.05 Å². The molecule has 0 spiro atoms. The van der Waals surface area contributed by atoms with E-state index >= 15 is 0 Å². The molecule has 4 nitrogen and oxygen atoms in total. The normalized spacial score (nSPS) is 11.0. The quantitative estimate of drug-likeness (QED) is 0.721. The number of halogens is 1. The highest BCUT2D eigenvalue weighted by Crippen LogP contribution is 2.07. The number of rotatable bonds is 2. The number of benzene rings is 2. The number of hydrogen-bond acceptors (Lipinski definition) is 2. The Morgan fingerprint density at radius 3 is 2.38 bits per heavy atom. The van der Waals surface area contributed by atoms with Crippen LogP contribution in [0.2, 0.25) is 0 Å². The summed E-state index contributed by atoms with van der Waals surface area (Å²) in [6.07, 6.45) is 0. The molecule has 2 aromatic carbocycles. The Morgan fingerprint density at radius 2 is 1.67 bits per heavy atom. The number of aromatic nitrogens is 2. The lowest BCUT2D eigenvalue weighted by molar-refractivity contribution is 0.623. The molecule has 1 aromatic heterocycles. The molecule has 0 saturated heterocycles. The van der Waals surface area contributed by atoms with Gasteiger partial charge in [0.25, 0.3) is 5.56 Å². The summed E-state index contributed by atoms with van der Waals surface area (Å²) in [4.78, 5) is 24.8. The number of para-hydroxylation sites is 1. The Labute approximate surface area is 119 Å². The van der Waals surface area contributed by atoms with Crippen LogP contribution < -0.4 is 11.2 Å². The molecule has 0 N–H and O–H groups in total. The van der Waals surface area contributed by atoms with Crippen LogP contribution in [0.1, 0.15) is 5.56 Å². The van der Waals surface area contributed by atoms with Gasteiger partial charge in [0.1, 0.15) is 5.82 Å². The van der Waals surface area contributed by atoms with E-state index in [0.29, 0.717) is 16.5 Å². The maximum absolute atomic E-state index is 12.9. The van der Waals surface area contributed by atoms with Gasteiger partial charge in [-0.05, 0) is 29.8 Å². The molecule has 0 atom stereocenters. The third-order valence-corrected chi connectivity index (χ3v) is 3.51.